The number of hydrogen-bond acceptors (Lipinski definition) is 4. The molecule has 0 radical (unpaired) electrons. The fourth-order valence-corrected chi connectivity index (χ4v) is 3.64. The van der Waals surface area contributed by atoms with Crippen LogP contribution in [0.1, 0.15) is 38.2 Å². The topological polar surface area (TPSA) is 66.3 Å². The summed E-state index contributed by atoms with van der Waals surface area (Å²) in [5.74, 6) is 2.43. The molecule has 1 saturated carbocycles. The molecule has 1 fully saturated rings. The third-order valence-corrected chi connectivity index (χ3v) is 5.36. The van der Waals surface area contributed by atoms with Gasteiger partial charge in [-0.25, -0.2) is 0 Å². The van der Waals surface area contributed by atoms with Crippen molar-refractivity contribution < 1.29 is 14.6 Å². The molecule has 0 aromatic heterocycles. The minimum atomic E-state index is -0.244. The molecule has 0 spiro atoms. The molecule has 2 aliphatic rings. The summed E-state index contributed by atoms with van der Waals surface area (Å²) < 4.78 is 10.8. The van der Waals surface area contributed by atoms with Crippen LogP contribution in [-0.4, -0.2) is 49.5 Å². The van der Waals surface area contributed by atoms with Gasteiger partial charge in [-0.3, -0.25) is 4.99 Å². The van der Waals surface area contributed by atoms with E-state index in [1.165, 1.54) is 6.42 Å². The summed E-state index contributed by atoms with van der Waals surface area (Å²) in [5.41, 5.74) is 1.05. The standard InChI is InChI=1S/C19H29N3O3/c1-19(9-5-4-6-17(19)23)12-21-18(20-2)22(3)11-14-7-8-15-16(10-14)25-13-24-15/h7-8,10,17,23H,4-6,9,11-13H2,1-3H3,(H,20,21). The van der Waals surface area contributed by atoms with Crippen molar-refractivity contribution in [3.05, 3.63) is 23.8 Å². The van der Waals surface area contributed by atoms with Crippen molar-refractivity contribution in [2.45, 2.75) is 45.3 Å². The first-order valence-corrected chi connectivity index (χ1v) is 9.00. The molecule has 3 rings (SSSR count). The summed E-state index contributed by atoms with van der Waals surface area (Å²) in [6.45, 7) is 3.90. The Hall–Kier alpha value is -1.95. The maximum Gasteiger partial charge on any atom is 0.231 e. The third-order valence-electron chi connectivity index (χ3n) is 5.36. The molecule has 0 saturated heterocycles. The smallest absolute Gasteiger partial charge is 0.231 e. The van der Waals surface area contributed by atoms with Crippen LogP contribution in [0.15, 0.2) is 23.2 Å². The second-order valence-electron chi connectivity index (χ2n) is 7.36. The fourth-order valence-electron chi connectivity index (χ4n) is 3.64. The number of guanidine groups is 1. The number of nitrogens with one attached hydrogen (secondary N) is 1. The van der Waals surface area contributed by atoms with Gasteiger partial charge in [0.15, 0.2) is 17.5 Å². The van der Waals surface area contributed by atoms with E-state index < -0.39 is 0 Å². The number of benzene rings is 1. The molecular weight excluding hydrogens is 318 g/mol. The van der Waals surface area contributed by atoms with Crippen LogP contribution in [-0.2, 0) is 6.54 Å². The molecule has 1 aliphatic heterocycles. The van der Waals surface area contributed by atoms with Crippen molar-refractivity contribution in [3.63, 3.8) is 0 Å². The van der Waals surface area contributed by atoms with Crippen molar-refractivity contribution in [1.29, 1.82) is 0 Å². The van der Waals surface area contributed by atoms with E-state index in [0.717, 1.165) is 55.4 Å². The molecule has 138 valence electrons. The van der Waals surface area contributed by atoms with Gasteiger partial charge in [0.05, 0.1) is 6.10 Å². The normalized spacial score (nSPS) is 25.8. The van der Waals surface area contributed by atoms with E-state index in [4.69, 9.17) is 9.47 Å². The van der Waals surface area contributed by atoms with E-state index in [2.05, 4.69) is 22.1 Å². The SMILES string of the molecule is CN=C(NCC1(C)CCCCC1O)N(C)Cc1ccc2c(c1)OCO2. The van der Waals surface area contributed by atoms with Gasteiger partial charge >= 0.3 is 0 Å². The molecular formula is C19H29N3O3. The quantitative estimate of drug-likeness (QED) is 0.647. The number of aliphatic imine (C=N–C) groups is 1. The van der Waals surface area contributed by atoms with Crippen LogP contribution in [0.2, 0.25) is 0 Å². The Morgan fingerprint density at radius 2 is 2.16 bits per heavy atom. The Morgan fingerprint density at radius 3 is 2.92 bits per heavy atom. The lowest BCUT2D eigenvalue weighted by atomic mass is 9.73. The van der Waals surface area contributed by atoms with Crippen molar-refractivity contribution in [3.8, 4) is 11.5 Å². The number of nitrogens with zero attached hydrogens (tertiary/aromatic N) is 2. The number of aliphatic hydroxyl groups is 1. The minimum Gasteiger partial charge on any atom is -0.454 e. The molecule has 1 aliphatic carbocycles. The van der Waals surface area contributed by atoms with Crippen LogP contribution in [0.3, 0.4) is 0 Å². The average molecular weight is 347 g/mol. The van der Waals surface area contributed by atoms with Crippen LogP contribution in [0, 0.1) is 5.41 Å². The van der Waals surface area contributed by atoms with Crippen LogP contribution >= 0.6 is 0 Å². The van der Waals surface area contributed by atoms with Gasteiger partial charge in [0.2, 0.25) is 6.79 Å². The second-order valence-corrected chi connectivity index (χ2v) is 7.36. The van der Waals surface area contributed by atoms with Crippen LogP contribution in [0.5, 0.6) is 11.5 Å². The molecule has 1 heterocycles. The van der Waals surface area contributed by atoms with Gasteiger partial charge in [-0.1, -0.05) is 25.8 Å². The predicted octanol–water partition coefficient (Wildman–Crippen LogP) is 2.36. The monoisotopic (exact) mass is 347 g/mol. The average Bonchev–Trinajstić information content (AvgIpc) is 3.06. The highest BCUT2D eigenvalue weighted by molar-refractivity contribution is 5.79. The lowest BCUT2D eigenvalue weighted by Gasteiger charge is -2.39. The highest BCUT2D eigenvalue weighted by Crippen LogP contribution is 2.35. The molecule has 1 aromatic rings. The van der Waals surface area contributed by atoms with E-state index >= 15 is 0 Å². The zero-order chi connectivity index (χ0) is 17.9. The number of rotatable bonds is 4. The number of ether oxygens (including phenoxy) is 2. The number of fused-ring (bicyclic) bond motifs is 1. The fraction of sp³-hybridized carbons (Fsp3) is 0.632. The zero-order valence-electron chi connectivity index (χ0n) is 15.4. The van der Waals surface area contributed by atoms with Gasteiger partial charge < -0.3 is 24.8 Å². The molecule has 0 amide bonds. The predicted molar refractivity (Wildman–Crippen MR) is 98.0 cm³/mol. The number of aliphatic hydroxyl groups excluding tert-OH is 1. The third kappa shape index (κ3) is 4.00. The van der Waals surface area contributed by atoms with Gasteiger partial charge in [0, 0.05) is 32.6 Å². The summed E-state index contributed by atoms with van der Waals surface area (Å²) in [4.78, 5) is 6.47. The van der Waals surface area contributed by atoms with Crippen molar-refractivity contribution >= 4 is 5.96 Å². The minimum absolute atomic E-state index is 0.0895. The van der Waals surface area contributed by atoms with Gasteiger partial charge in [0.25, 0.3) is 0 Å². The largest absolute Gasteiger partial charge is 0.454 e. The number of hydrogen-bond donors (Lipinski definition) is 2. The molecule has 25 heavy (non-hydrogen) atoms. The summed E-state index contributed by atoms with van der Waals surface area (Å²) in [5, 5.41) is 13.8. The maximum absolute atomic E-state index is 10.4. The Balaban J connectivity index is 1.59. The lowest BCUT2D eigenvalue weighted by molar-refractivity contribution is 0.00369. The van der Waals surface area contributed by atoms with Gasteiger partial charge in [-0.2, -0.15) is 0 Å². The van der Waals surface area contributed by atoms with Crippen molar-refractivity contribution in [1.82, 2.24) is 10.2 Å². The first-order chi connectivity index (χ1) is 12.0. The van der Waals surface area contributed by atoms with E-state index in [-0.39, 0.29) is 11.5 Å². The van der Waals surface area contributed by atoms with E-state index in [0.29, 0.717) is 6.79 Å². The highest BCUT2D eigenvalue weighted by atomic mass is 16.7. The Morgan fingerprint density at radius 1 is 1.36 bits per heavy atom. The molecule has 2 unspecified atom stereocenters. The maximum atomic E-state index is 10.4. The van der Waals surface area contributed by atoms with Crippen molar-refractivity contribution in [2.75, 3.05) is 27.4 Å². The van der Waals surface area contributed by atoms with Gasteiger partial charge in [-0.15, -0.1) is 0 Å². The first-order valence-electron chi connectivity index (χ1n) is 9.00. The molecule has 2 atom stereocenters. The molecule has 6 heteroatoms. The van der Waals surface area contributed by atoms with Crippen LogP contribution < -0.4 is 14.8 Å². The molecule has 6 nitrogen and oxygen atoms in total. The first kappa shape index (κ1) is 17.9. The Labute approximate surface area is 149 Å². The zero-order valence-corrected chi connectivity index (χ0v) is 15.4. The summed E-state index contributed by atoms with van der Waals surface area (Å²) >= 11 is 0. The second kappa shape index (κ2) is 7.52. The summed E-state index contributed by atoms with van der Waals surface area (Å²) in [7, 11) is 3.80. The Kier molecular flexibility index (Phi) is 5.37. The summed E-state index contributed by atoms with van der Waals surface area (Å²) in [6.07, 6.45) is 4.00. The molecule has 1 aromatic carbocycles. The highest BCUT2D eigenvalue weighted by Gasteiger charge is 2.35. The van der Waals surface area contributed by atoms with E-state index in [1.807, 2.05) is 25.2 Å². The van der Waals surface area contributed by atoms with Crippen LogP contribution in [0.4, 0.5) is 0 Å². The summed E-state index contributed by atoms with van der Waals surface area (Å²) in [6, 6.07) is 6.00. The van der Waals surface area contributed by atoms with Crippen molar-refractivity contribution in [2.24, 2.45) is 10.4 Å². The van der Waals surface area contributed by atoms with Gasteiger partial charge in [0.1, 0.15) is 0 Å². The van der Waals surface area contributed by atoms with Crippen LogP contribution in [0.25, 0.3) is 0 Å². The molecule has 0 bridgehead atoms. The lowest BCUT2D eigenvalue weighted by Crippen LogP contribution is -2.48. The van der Waals surface area contributed by atoms with E-state index in [9.17, 15) is 5.11 Å². The Bertz CT molecular complexity index is 634. The van der Waals surface area contributed by atoms with E-state index in [1.54, 1.807) is 7.05 Å². The van der Waals surface area contributed by atoms with Gasteiger partial charge in [-0.05, 0) is 30.5 Å². The molecule has 2 N–H and O–H groups in total.